The van der Waals surface area contributed by atoms with E-state index in [9.17, 15) is 4.79 Å². The zero-order valence-corrected chi connectivity index (χ0v) is 14.8. The van der Waals surface area contributed by atoms with Crippen LogP contribution in [0.4, 0.5) is 0 Å². The lowest BCUT2D eigenvalue weighted by atomic mass is 9.69. The van der Waals surface area contributed by atoms with Gasteiger partial charge in [-0.2, -0.15) is 5.10 Å². The van der Waals surface area contributed by atoms with Gasteiger partial charge in [-0.25, -0.2) is 4.98 Å². The van der Waals surface area contributed by atoms with Gasteiger partial charge in [0.05, 0.1) is 13.7 Å². The molecule has 0 aliphatic heterocycles. The Morgan fingerprint density at radius 3 is 2.64 bits per heavy atom. The maximum absolute atomic E-state index is 12.3. The maximum Gasteiger partial charge on any atom is 0.221 e. The van der Waals surface area contributed by atoms with Crippen LogP contribution >= 0.6 is 0 Å². The van der Waals surface area contributed by atoms with E-state index in [1.54, 1.807) is 18.1 Å². The molecule has 1 heterocycles. The van der Waals surface area contributed by atoms with Gasteiger partial charge in [-0.1, -0.05) is 31.4 Å². The summed E-state index contributed by atoms with van der Waals surface area (Å²) in [4.78, 5) is 16.2. The van der Waals surface area contributed by atoms with Gasteiger partial charge in [-0.05, 0) is 30.5 Å². The number of carbonyl (C=O) groups is 1. The number of nitrogens with zero attached hydrogens (tertiary/aromatic N) is 3. The first-order valence-electron chi connectivity index (χ1n) is 8.95. The summed E-state index contributed by atoms with van der Waals surface area (Å²) in [6.45, 7) is 1.25. The molecule has 1 aliphatic carbocycles. The van der Waals surface area contributed by atoms with E-state index in [-0.39, 0.29) is 11.3 Å². The number of ether oxygens (including phenoxy) is 1. The fraction of sp³-hybridized carbons (Fsp3) is 0.526. The molecule has 0 bridgehead atoms. The van der Waals surface area contributed by atoms with Crippen molar-refractivity contribution in [3.8, 4) is 5.75 Å². The second-order valence-corrected chi connectivity index (χ2v) is 6.75. The first-order chi connectivity index (χ1) is 12.2. The number of carbonyl (C=O) groups excluding carboxylic acids is 1. The fourth-order valence-corrected chi connectivity index (χ4v) is 3.66. The van der Waals surface area contributed by atoms with Crippen molar-refractivity contribution >= 4 is 5.91 Å². The van der Waals surface area contributed by atoms with Gasteiger partial charge in [-0.15, -0.1) is 0 Å². The first kappa shape index (κ1) is 17.5. The number of amides is 1. The quantitative estimate of drug-likeness (QED) is 0.840. The molecule has 0 radical (unpaired) electrons. The van der Waals surface area contributed by atoms with Crippen molar-refractivity contribution in [3.63, 3.8) is 0 Å². The molecule has 0 spiro atoms. The molecule has 1 aromatic heterocycles. The summed E-state index contributed by atoms with van der Waals surface area (Å²) in [5.41, 5.74) is 1.33. The molecule has 1 fully saturated rings. The summed E-state index contributed by atoms with van der Waals surface area (Å²) in [6, 6.07) is 8.31. The monoisotopic (exact) mass is 342 g/mol. The average Bonchev–Trinajstić information content (AvgIpc) is 3.19. The molecule has 2 aromatic rings. The Hall–Kier alpha value is -2.37. The molecule has 1 N–H and O–H groups in total. The average molecular weight is 342 g/mol. The fourth-order valence-electron chi connectivity index (χ4n) is 3.66. The molecular formula is C19H26N4O2. The third-order valence-corrected chi connectivity index (χ3v) is 5.17. The molecule has 134 valence electrons. The summed E-state index contributed by atoms with van der Waals surface area (Å²) in [5, 5.41) is 7.18. The Morgan fingerprint density at radius 1 is 1.24 bits per heavy atom. The van der Waals surface area contributed by atoms with E-state index in [2.05, 4.69) is 27.5 Å². The SMILES string of the molecule is COc1ccc(C2(CNC(=O)CCn3cncn3)CCCCC2)cc1. The highest BCUT2D eigenvalue weighted by Gasteiger charge is 2.34. The predicted octanol–water partition coefficient (Wildman–Crippen LogP) is 2.70. The minimum Gasteiger partial charge on any atom is -0.497 e. The summed E-state index contributed by atoms with van der Waals surface area (Å²) in [5.74, 6) is 0.931. The number of aromatic nitrogens is 3. The minimum absolute atomic E-state index is 0.0352. The van der Waals surface area contributed by atoms with E-state index < -0.39 is 0 Å². The molecule has 6 nitrogen and oxygen atoms in total. The van der Waals surface area contributed by atoms with Crippen LogP contribution in [0.5, 0.6) is 5.75 Å². The van der Waals surface area contributed by atoms with Crippen molar-refractivity contribution in [1.29, 1.82) is 0 Å². The molecule has 0 saturated heterocycles. The third-order valence-electron chi connectivity index (χ3n) is 5.17. The summed E-state index contributed by atoms with van der Waals surface area (Å²) < 4.78 is 6.95. The van der Waals surface area contributed by atoms with Crippen LogP contribution < -0.4 is 10.1 Å². The second-order valence-electron chi connectivity index (χ2n) is 6.75. The Balaban J connectivity index is 1.62. The Morgan fingerprint density at radius 2 is 2.00 bits per heavy atom. The van der Waals surface area contributed by atoms with Crippen LogP contribution in [0.25, 0.3) is 0 Å². The molecule has 0 atom stereocenters. The van der Waals surface area contributed by atoms with Crippen LogP contribution in [0, 0.1) is 0 Å². The standard InChI is InChI=1S/C19H26N4O2/c1-25-17-7-5-16(6-8-17)19(10-3-2-4-11-19)13-21-18(24)9-12-23-15-20-14-22-23/h5-8,14-15H,2-4,9-13H2,1H3,(H,21,24). The van der Waals surface area contributed by atoms with E-state index in [4.69, 9.17) is 4.74 Å². The molecule has 6 heteroatoms. The van der Waals surface area contributed by atoms with Gasteiger partial charge >= 0.3 is 0 Å². The van der Waals surface area contributed by atoms with Crippen molar-refractivity contribution in [2.24, 2.45) is 0 Å². The number of nitrogens with one attached hydrogen (secondary N) is 1. The number of hydrogen-bond donors (Lipinski definition) is 1. The van der Waals surface area contributed by atoms with Gasteiger partial charge < -0.3 is 10.1 Å². The minimum atomic E-state index is 0.0352. The van der Waals surface area contributed by atoms with E-state index in [0.717, 1.165) is 18.6 Å². The summed E-state index contributed by atoms with van der Waals surface area (Å²) >= 11 is 0. The topological polar surface area (TPSA) is 69.0 Å². The highest BCUT2D eigenvalue weighted by Crippen LogP contribution is 2.39. The molecular weight excluding hydrogens is 316 g/mol. The first-order valence-corrected chi connectivity index (χ1v) is 8.95. The lowest BCUT2D eigenvalue weighted by Crippen LogP contribution is -2.42. The Bertz CT molecular complexity index is 661. The lowest BCUT2D eigenvalue weighted by Gasteiger charge is -2.38. The molecule has 1 amide bonds. The van der Waals surface area contributed by atoms with Gasteiger partial charge in [0.2, 0.25) is 5.91 Å². The van der Waals surface area contributed by atoms with Crippen LogP contribution in [0.2, 0.25) is 0 Å². The Labute approximate surface area is 148 Å². The highest BCUT2D eigenvalue weighted by molar-refractivity contribution is 5.75. The van der Waals surface area contributed by atoms with Gasteiger partial charge in [0.25, 0.3) is 0 Å². The van der Waals surface area contributed by atoms with Crippen LogP contribution in [-0.4, -0.2) is 34.3 Å². The van der Waals surface area contributed by atoms with Crippen molar-refractivity contribution in [3.05, 3.63) is 42.5 Å². The zero-order valence-electron chi connectivity index (χ0n) is 14.8. The maximum atomic E-state index is 12.3. The number of benzene rings is 1. The van der Waals surface area contributed by atoms with Crippen molar-refractivity contribution in [2.45, 2.75) is 50.5 Å². The number of rotatable bonds is 7. The van der Waals surface area contributed by atoms with Crippen LogP contribution in [0.3, 0.4) is 0 Å². The van der Waals surface area contributed by atoms with Crippen molar-refractivity contribution in [2.75, 3.05) is 13.7 Å². The largest absolute Gasteiger partial charge is 0.497 e. The third kappa shape index (κ3) is 4.38. The van der Waals surface area contributed by atoms with Gasteiger partial charge in [0.1, 0.15) is 18.4 Å². The molecule has 1 saturated carbocycles. The molecule has 1 aromatic carbocycles. The number of aryl methyl sites for hydroxylation is 1. The van der Waals surface area contributed by atoms with Gasteiger partial charge in [-0.3, -0.25) is 9.48 Å². The number of hydrogen-bond acceptors (Lipinski definition) is 4. The lowest BCUT2D eigenvalue weighted by molar-refractivity contribution is -0.121. The Kier molecular flexibility index (Phi) is 5.68. The smallest absolute Gasteiger partial charge is 0.221 e. The highest BCUT2D eigenvalue weighted by atomic mass is 16.5. The summed E-state index contributed by atoms with van der Waals surface area (Å²) in [6.07, 6.45) is 9.46. The molecule has 1 aliphatic rings. The van der Waals surface area contributed by atoms with E-state index >= 15 is 0 Å². The van der Waals surface area contributed by atoms with Crippen molar-refractivity contribution in [1.82, 2.24) is 20.1 Å². The van der Waals surface area contributed by atoms with Crippen molar-refractivity contribution < 1.29 is 9.53 Å². The van der Waals surface area contributed by atoms with Gasteiger partial charge in [0.15, 0.2) is 0 Å². The van der Waals surface area contributed by atoms with E-state index in [1.165, 1.54) is 31.2 Å². The zero-order chi connectivity index (χ0) is 17.5. The predicted molar refractivity (Wildman–Crippen MR) is 95.4 cm³/mol. The van der Waals surface area contributed by atoms with E-state index in [1.807, 2.05) is 12.1 Å². The summed E-state index contributed by atoms with van der Waals surface area (Å²) in [7, 11) is 1.68. The normalized spacial score (nSPS) is 16.4. The van der Waals surface area contributed by atoms with Crippen LogP contribution in [0.15, 0.2) is 36.9 Å². The van der Waals surface area contributed by atoms with E-state index in [0.29, 0.717) is 19.5 Å². The molecule has 3 rings (SSSR count). The van der Waals surface area contributed by atoms with Gasteiger partial charge in [0, 0.05) is 18.4 Å². The van der Waals surface area contributed by atoms with Crippen LogP contribution in [0.1, 0.15) is 44.1 Å². The second kappa shape index (κ2) is 8.14. The molecule has 25 heavy (non-hydrogen) atoms. The number of methoxy groups -OCH3 is 1. The molecule has 0 unspecified atom stereocenters. The van der Waals surface area contributed by atoms with Crippen LogP contribution in [-0.2, 0) is 16.8 Å².